The van der Waals surface area contributed by atoms with Gasteiger partial charge in [-0.2, -0.15) is 5.10 Å². The van der Waals surface area contributed by atoms with E-state index in [2.05, 4.69) is 15.4 Å². The summed E-state index contributed by atoms with van der Waals surface area (Å²) in [5, 5.41) is 7.58. The second-order valence-electron chi connectivity index (χ2n) is 7.76. The van der Waals surface area contributed by atoms with E-state index in [4.69, 9.17) is 9.47 Å². The Balaban J connectivity index is 1.96. The fraction of sp³-hybridized carbons (Fsp3) is 0.375. The highest BCUT2D eigenvalue weighted by atomic mass is 32.1. The van der Waals surface area contributed by atoms with Crippen LogP contribution in [0.15, 0.2) is 29.1 Å². The molecule has 0 aliphatic heterocycles. The summed E-state index contributed by atoms with van der Waals surface area (Å²) in [6.07, 6.45) is -0.0410. The monoisotopic (exact) mass is 484 g/mol. The summed E-state index contributed by atoms with van der Waals surface area (Å²) in [7, 11) is 3.13. The highest BCUT2D eigenvalue weighted by molar-refractivity contribution is 7.17. The third kappa shape index (κ3) is 5.33. The Morgan fingerprint density at radius 3 is 2.62 bits per heavy atom. The molecule has 2 heterocycles. The lowest BCUT2D eigenvalue weighted by molar-refractivity contribution is -0.143. The number of carbonyl (C=O) groups excluding carboxylic acids is 2. The number of amides is 1. The molecule has 1 N–H and O–H groups in total. The quantitative estimate of drug-likeness (QED) is 0.488. The van der Waals surface area contributed by atoms with Gasteiger partial charge in [0.05, 0.1) is 43.1 Å². The Bertz CT molecular complexity index is 1280. The van der Waals surface area contributed by atoms with Crippen LogP contribution in [0.5, 0.6) is 5.75 Å². The van der Waals surface area contributed by atoms with E-state index in [0.717, 1.165) is 16.9 Å². The maximum atomic E-state index is 13.3. The number of carbonyl (C=O) groups is 2. The fourth-order valence-corrected chi connectivity index (χ4v) is 4.60. The van der Waals surface area contributed by atoms with E-state index in [1.165, 1.54) is 4.68 Å². The minimum Gasteiger partial charge on any atom is -0.497 e. The summed E-state index contributed by atoms with van der Waals surface area (Å²) < 4.78 is 11.7. The Hall–Kier alpha value is -3.53. The smallest absolute Gasteiger partial charge is 0.308 e. The van der Waals surface area contributed by atoms with E-state index >= 15 is 0 Å². The van der Waals surface area contributed by atoms with E-state index < -0.39 is 17.9 Å². The van der Waals surface area contributed by atoms with E-state index in [0.29, 0.717) is 38.1 Å². The topological polar surface area (TPSA) is 112 Å². The molecule has 0 fully saturated rings. The first-order valence-corrected chi connectivity index (χ1v) is 11.6. The first-order chi connectivity index (χ1) is 16.2. The van der Waals surface area contributed by atoms with Gasteiger partial charge in [-0.15, -0.1) is 11.3 Å². The van der Waals surface area contributed by atoms with Crippen molar-refractivity contribution in [2.45, 2.75) is 40.2 Å². The van der Waals surface area contributed by atoms with Crippen LogP contribution in [-0.4, -0.2) is 40.4 Å². The first kappa shape index (κ1) is 25.1. The molecule has 0 radical (unpaired) electrons. The number of esters is 1. The maximum absolute atomic E-state index is 13.3. The van der Waals surface area contributed by atoms with Crippen molar-refractivity contribution in [3.63, 3.8) is 0 Å². The molecule has 9 nitrogen and oxygen atoms in total. The molecule has 3 aromatic rings. The largest absolute Gasteiger partial charge is 0.497 e. The van der Waals surface area contributed by atoms with Gasteiger partial charge < -0.3 is 14.8 Å². The van der Waals surface area contributed by atoms with Crippen LogP contribution in [-0.2, 0) is 16.6 Å². The van der Waals surface area contributed by atoms with Crippen LogP contribution < -0.4 is 15.6 Å². The van der Waals surface area contributed by atoms with Crippen molar-refractivity contribution >= 4 is 23.2 Å². The van der Waals surface area contributed by atoms with Gasteiger partial charge in [0.2, 0.25) is 0 Å². The van der Waals surface area contributed by atoms with Crippen molar-refractivity contribution < 1.29 is 19.1 Å². The SMILES string of the molecule is CCOC(=O)CC(NC(=O)c1sc(-c2c(C)c(C)nn(C)c2=O)nc1C)c1cccc(OC)c1. The van der Waals surface area contributed by atoms with Gasteiger partial charge in [0, 0.05) is 7.05 Å². The molecule has 0 saturated carbocycles. The predicted molar refractivity (Wildman–Crippen MR) is 129 cm³/mol. The molecular formula is C24H28N4O5S. The Kier molecular flexibility index (Phi) is 7.83. The van der Waals surface area contributed by atoms with Crippen LogP contribution in [0.2, 0.25) is 0 Å². The molecular weight excluding hydrogens is 456 g/mol. The van der Waals surface area contributed by atoms with Crippen LogP contribution in [0.1, 0.15) is 51.6 Å². The lowest BCUT2D eigenvalue weighted by atomic mass is 10.0. The summed E-state index contributed by atoms with van der Waals surface area (Å²) >= 11 is 1.14. The lowest BCUT2D eigenvalue weighted by Crippen LogP contribution is -2.30. The highest BCUT2D eigenvalue weighted by Gasteiger charge is 2.25. The number of hydrogen-bond donors (Lipinski definition) is 1. The molecule has 0 saturated heterocycles. The number of rotatable bonds is 8. The van der Waals surface area contributed by atoms with Crippen LogP contribution in [0.25, 0.3) is 10.6 Å². The second-order valence-corrected chi connectivity index (χ2v) is 8.76. The van der Waals surface area contributed by atoms with Crippen molar-refractivity contribution in [2.24, 2.45) is 7.05 Å². The summed E-state index contributed by atoms with van der Waals surface area (Å²) in [5.41, 5.74) is 2.79. The number of methoxy groups -OCH3 is 1. The van der Waals surface area contributed by atoms with Crippen LogP contribution in [0, 0.1) is 20.8 Å². The Labute approximate surface area is 201 Å². The Morgan fingerprint density at radius 1 is 1.21 bits per heavy atom. The van der Waals surface area contributed by atoms with Gasteiger partial charge in [-0.05, 0) is 51.0 Å². The molecule has 0 spiro atoms. The average molecular weight is 485 g/mol. The number of aromatic nitrogens is 3. The third-order valence-electron chi connectivity index (χ3n) is 5.42. The summed E-state index contributed by atoms with van der Waals surface area (Å²) in [5.74, 6) is -0.210. The summed E-state index contributed by atoms with van der Waals surface area (Å²) in [4.78, 5) is 43.1. The standard InChI is InChI=1S/C24H28N4O5S/c1-7-33-19(29)12-18(16-9-8-10-17(11-16)32-6)26-22(30)21-15(4)25-23(34-21)20-13(2)14(3)27-28(5)24(20)31/h8-11,18H,7,12H2,1-6H3,(H,26,30). The number of benzene rings is 1. The molecule has 1 aromatic carbocycles. The summed E-state index contributed by atoms with van der Waals surface area (Å²) in [6, 6.07) is 6.52. The molecule has 34 heavy (non-hydrogen) atoms. The third-order valence-corrected chi connectivity index (χ3v) is 6.59. The average Bonchev–Trinajstić information content (AvgIpc) is 3.18. The van der Waals surface area contributed by atoms with Gasteiger partial charge in [-0.3, -0.25) is 14.4 Å². The summed E-state index contributed by atoms with van der Waals surface area (Å²) in [6.45, 7) is 7.32. The van der Waals surface area contributed by atoms with Gasteiger partial charge in [-0.1, -0.05) is 12.1 Å². The van der Waals surface area contributed by atoms with Gasteiger partial charge >= 0.3 is 5.97 Å². The molecule has 2 aromatic heterocycles. The maximum Gasteiger partial charge on any atom is 0.308 e. The van der Waals surface area contributed by atoms with Gasteiger partial charge in [0.15, 0.2) is 0 Å². The number of aryl methyl sites for hydroxylation is 3. The van der Waals surface area contributed by atoms with Crippen molar-refractivity contribution in [2.75, 3.05) is 13.7 Å². The van der Waals surface area contributed by atoms with Crippen molar-refractivity contribution in [3.05, 3.63) is 62.0 Å². The molecule has 0 aliphatic rings. The predicted octanol–water partition coefficient (Wildman–Crippen LogP) is 3.26. The van der Waals surface area contributed by atoms with Crippen molar-refractivity contribution in [1.29, 1.82) is 0 Å². The van der Waals surface area contributed by atoms with Crippen molar-refractivity contribution in [1.82, 2.24) is 20.1 Å². The van der Waals surface area contributed by atoms with E-state index in [1.54, 1.807) is 46.2 Å². The second kappa shape index (κ2) is 10.6. The molecule has 0 bridgehead atoms. The van der Waals surface area contributed by atoms with Gasteiger partial charge in [0.25, 0.3) is 11.5 Å². The van der Waals surface area contributed by atoms with Crippen LogP contribution in [0.4, 0.5) is 0 Å². The number of hydrogen-bond acceptors (Lipinski definition) is 8. The molecule has 1 amide bonds. The molecule has 180 valence electrons. The minimum absolute atomic E-state index is 0.0410. The van der Waals surface area contributed by atoms with Crippen LogP contribution in [0.3, 0.4) is 0 Å². The van der Waals surface area contributed by atoms with E-state index in [-0.39, 0.29) is 18.6 Å². The molecule has 10 heteroatoms. The normalized spacial score (nSPS) is 11.7. The number of nitrogens with one attached hydrogen (secondary N) is 1. The van der Waals surface area contributed by atoms with E-state index in [9.17, 15) is 14.4 Å². The molecule has 1 unspecified atom stereocenters. The Morgan fingerprint density at radius 2 is 1.94 bits per heavy atom. The molecule has 3 rings (SSSR count). The molecule has 0 aliphatic carbocycles. The minimum atomic E-state index is -0.635. The number of thiazole rings is 1. The highest BCUT2D eigenvalue weighted by Crippen LogP contribution is 2.30. The van der Waals surface area contributed by atoms with Crippen LogP contribution >= 0.6 is 11.3 Å². The zero-order valence-electron chi connectivity index (χ0n) is 20.1. The first-order valence-electron chi connectivity index (χ1n) is 10.8. The van der Waals surface area contributed by atoms with Crippen molar-refractivity contribution in [3.8, 4) is 16.3 Å². The molecule has 1 atom stereocenters. The zero-order chi connectivity index (χ0) is 25.0. The van der Waals surface area contributed by atoms with Gasteiger partial charge in [-0.25, -0.2) is 9.67 Å². The van der Waals surface area contributed by atoms with E-state index in [1.807, 2.05) is 19.9 Å². The number of nitrogens with zero attached hydrogens (tertiary/aromatic N) is 3. The fourth-order valence-electron chi connectivity index (χ4n) is 3.54. The number of ether oxygens (including phenoxy) is 2. The zero-order valence-corrected chi connectivity index (χ0v) is 20.9. The van der Waals surface area contributed by atoms with Gasteiger partial charge in [0.1, 0.15) is 15.6 Å². The lowest BCUT2D eigenvalue weighted by Gasteiger charge is -2.19.